The maximum Gasteiger partial charge on any atom is 0.250 e. The average Bonchev–Trinajstić information content (AvgIpc) is 2.41. The third-order valence-electron chi connectivity index (χ3n) is 2.22. The second kappa shape index (κ2) is 7.71. The molecule has 0 saturated carbocycles. The number of benzene rings is 2. The van der Waals surface area contributed by atoms with Gasteiger partial charge in [-0.25, -0.2) is 0 Å². The van der Waals surface area contributed by atoms with Gasteiger partial charge in [0.1, 0.15) is 0 Å². The van der Waals surface area contributed by atoms with E-state index in [-0.39, 0.29) is 5.91 Å². The Balaban J connectivity index is 0.000000218. The number of carbonyl (C=O) groups excluding carboxylic acids is 1. The molecule has 0 fully saturated rings. The van der Waals surface area contributed by atoms with E-state index < -0.39 is 0 Å². The third kappa shape index (κ3) is 6.07. The van der Waals surface area contributed by atoms with Gasteiger partial charge < -0.3 is 11.1 Å². The number of nitrogens with two attached hydrogens (primary N) is 1. The number of hydrogen-bond donors (Lipinski definition) is 2. The highest BCUT2D eigenvalue weighted by atomic mass is 16.1. The molecule has 0 aliphatic carbocycles. The minimum absolute atomic E-state index is 0.138. The maximum atomic E-state index is 11.1. The summed E-state index contributed by atoms with van der Waals surface area (Å²) in [5, 5.41) is 2.70. The van der Waals surface area contributed by atoms with Crippen molar-refractivity contribution in [3.05, 3.63) is 72.8 Å². The van der Waals surface area contributed by atoms with Crippen LogP contribution < -0.4 is 11.1 Å². The van der Waals surface area contributed by atoms with E-state index in [2.05, 4.69) is 11.9 Å². The zero-order valence-corrected chi connectivity index (χ0v) is 11.0. The lowest BCUT2D eigenvalue weighted by atomic mass is 10.3. The van der Waals surface area contributed by atoms with Gasteiger partial charge in [-0.15, -0.1) is 0 Å². The molecule has 0 heterocycles. The standard InChI is InChI=1S/C10H11NO.C6H7N/c1-8(2)10(12)11-9-6-4-3-5-7-9;7-6-4-2-1-3-5-6/h3-7H,1H2,2H3,(H,11,12);1-5H,7H2. The van der Waals surface area contributed by atoms with E-state index in [1.54, 1.807) is 6.92 Å². The molecule has 0 spiro atoms. The summed E-state index contributed by atoms with van der Waals surface area (Å²) in [6.07, 6.45) is 0. The van der Waals surface area contributed by atoms with Crippen molar-refractivity contribution in [2.75, 3.05) is 11.1 Å². The van der Waals surface area contributed by atoms with Crippen LogP contribution in [0.3, 0.4) is 0 Å². The number of nitrogens with one attached hydrogen (secondary N) is 1. The van der Waals surface area contributed by atoms with Crippen LogP contribution in [0, 0.1) is 0 Å². The van der Waals surface area contributed by atoms with Gasteiger partial charge in [-0.2, -0.15) is 0 Å². The Kier molecular flexibility index (Phi) is 5.89. The average molecular weight is 254 g/mol. The summed E-state index contributed by atoms with van der Waals surface area (Å²) in [4.78, 5) is 11.1. The first-order valence-corrected chi connectivity index (χ1v) is 5.92. The lowest BCUT2D eigenvalue weighted by molar-refractivity contribution is -0.112. The van der Waals surface area contributed by atoms with Crippen LogP contribution in [0.1, 0.15) is 6.92 Å². The molecule has 0 aliphatic heterocycles. The van der Waals surface area contributed by atoms with E-state index in [0.29, 0.717) is 5.57 Å². The molecular formula is C16H18N2O. The zero-order valence-electron chi connectivity index (χ0n) is 11.0. The van der Waals surface area contributed by atoms with Crippen LogP contribution in [0.2, 0.25) is 0 Å². The molecule has 19 heavy (non-hydrogen) atoms. The minimum atomic E-state index is -0.138. The van der Waals surface area contributed by atoms with Crippen molar-refractivity contribution >= 4 is 17.3 Å². The van der Waals surface area contributed by atoms with Gasteiger partial charge in [0.2, 0.25) is 0 Å². The quantitative estimate of drug-likeness (QED) is 0.637. The number of rotatable bonds is 2. The second-order valence-corrected chi connectivity index (χ2v) is 4.01. The van der Waals surface area contributed by atoms with Crippen molar-refractivity contribution < 1.29 is 4.79 Å². The van der Waals surface area contributed by atoms with Gasteiger partial charge >= 0.3 is 0 Å². The van der Waals surface area contributed by atoms with Crippen LogP contribution >= 0.6 is 0 Å². The van der Waals surface area contributed by atoms with Crippen molar-refractivity contribution in [2.24, 2.45) is 0 Å². The monoisotopic (exact) mass is 254 g/mol. The van der Waals surface area contributed by atoms with E-state index >= 15 is 0 Å². The fraction of sp³-hybridized carbons (Fsp3) is 0.0625. The van der Waals surface area contributed by atoms with E-state index in [0.717, 1.165) is 11.4 Å². The number of para-hydroxylation sites is 2. The smallest absolute Gasteiger partial charge is 0.250 e. The van der Waals surface area contributed by atoms with Crippen molar-refractivity contribution in [1.82, 2.24) is 0 Å². The first-order valence-electron chi connectivity index (χ1n) is 5.92. The van der Waals surface area contributed by atoms with E-state index in [4.69, 9.17) is 5.73 Å². The molecule has 3 heteroatoms. The van der Waals surface area contributed by atoms with Gasteiger partial charge in [-0.05, 0) is 31.2 Å². The van der Waals surface area contributed by atoms with Gasteiger partial charge in [0.05, 0.1) is 0 Å². The highest BCUT2D eigenvalue weighted by Crippen LogP contribution is 2.05. The Bertz CT molecular complexity index is 521. The number of anilines is 2. The molecule has 0 aliphatic rings. The van der Waals surface area contributed by atoms with E-state index in [1.807, 2.05) is 60.7 Å². The van der Waals surface area contributed by atoms with E-state index in [1.165, 1.54) is 0 Å². The lowest BCUT2D eigenvalue weighted by Crippen LogP contribution is -2.11. The molecule has 0 unspecified atom stereocenters. The summed E-state index contributed by atoms with van der Waals surface area (Å²) < 4.78 is 0. The Labute approximate surface area is 113 Å². The van der Waals surface area contributed by atoms with Crippen LogP contribution in [-0.2, 0) is 4.79 Å². The molecule has 2 aromatic carbocycles. The normalized spacial score (nSPS) is 8.89. The minimum Gasteiger partial charge on any atom is -0.399 e. The summed E-state index contributed by atoms with van der Waals surface area (Å²) in [6, 6.07) is 18.8. The molecule has 3 N–H and O–H groups in total. The van der Waals surface area contributed by atoms with Gasteiger partial charge in [0, 0.05) is 16.9 Å². The Morgan fingerprint density at radius 3 is 1.84 bits per heavy atom. The number of carbonyl (C=O) groups is 1. The number of hydrogen-bond acceptors (Lipinski definition) is 2. The molecule has 0 aromatic heterocycles. The summed E-state index contributed by atoms with van der Waals surface area (Å²) in [7, 11) is 0. The van der Waals surface area contributed by atoms with Gasteiger partial charge in [-0.1, -0.05) is 43.0 Å². The predicted octanol–water partition coefficient (Wildman–Crippen LogP) is 3.47. The fourth-order valence-corrected chi connectivity index (χ4v) is 1.21. The molecule has 1 amide bonds. The molecule has 2 rings (SSSR count). The van der Waals surface area contributed by atoms with Crippen molar-refractivity contribution in [3.63, 3.8) is 0 Å². The van der Waals surface area contributed by atoms with Crippen molar-refractivity contribution in [3.8, 4) is 0 Å². The SMILES string of the molecule is C=C(C)C(=O)Nc1ccccc1.Nc1ccccc1. The van der Waals surface area contributed by atoms with Crippen LogP contribution in [0.25, 0.3) is 0 Å². The molecule has 0 saturated heterocycles. The molecule has 0 atom stereocenters. The third-order valence-corrected chi connectivity index (χ3v) is 2.22. The summed E-state index contributed by atoms with van der Waals surface area (Å²) in [6.45, 7) is 5.22. The highest BCUT2D eigenvalue weighted by Gasteiger charge is 2.00. The van der Waals surface area contributed by atoms with Gasteiger partial charge in [-0.3, -0.25) is 4.79 Å². The Morgan fingerprint density at radius 1 is 1.00 bits per heavy atom. The first kappa shape index (κ1) is 14.5. The van der Waals surface area contributed by atoms with Crippen molar-refractivity contribution in [2.45, 2.75) is 6.92 Å². The van der Waals surface area contributed by atoms with Crippen molar-refractivity contribution in [1.29, 1.82) is 0 Å². The lowest BCUT2D eigenvalue weighted by Gasteiger charge is -2.02. The topological polar surface area (TPSA) is 55.1 Å². The Hall–Kier alpha value is -2.55. The molecule has 3 nitrogen and oxygen atoms in total. The Morgan fingerprint density at radius 2 is 1.47 bits per heavy atom. The second-order valence-electron chi connectivity index (χ2n) is 4.01. The molecule has 98 valence electrons. The molecule has 0 radical (unpaired) electrons. The molecular weight excluding hydrogens is 236 g/mol. The van der Waals surface area contributed by atoms with Crippen LogP contribution in [0.4, 0.5) is 11.4 Å². The fourth-order valence-electron chi connectivity index (χ4n) is 1.21. The summed E-state index contributed by atoms with van der Waals surface area (Å²) in [5.41, 5.74) is 7.49. The number of amides is 1. The van der Waals surface area contributed by atoms with Crippen LogP contribution in [0.15, 0.2) is 72.8 Å². The predicted molar refractivity (Wildman–Crippen MR) is 80.7 cm³/mol. The van der Waals surface area contributed by atoms with Crippen LogP contribution in [-0.4, -0.2) is 5.91 Å². The highest BCUT2D eigenvalue weighted by molar-refractivity contribution is 6.02. The molecule has 2 aromatic rings. The van der Waals surface area contributed by atoms with Gasteiger partial charge in [0.25, 0.3) is 5.91 Å². The summed E-state index contributed by atoms with van der Waals surface area (Å²) >= 11 is 0. The first-order chi connectivity index (χ1) is 9.09. The zero-order chi connectivity index (χ0) is 14.1. The summed E-state index contributed by atoms with van der Waals surface area (Å²) in [5.74, 6) is -0.138. The number of nitrogen functional groups attached to an aromatic ring is 1. The van der Waals surface area contributed by atoms with Crippen LogP contribution in [0.5, 0.6) is 0 Å². The van der Waals surface area contributed by atoms with Gasteiger partial charge in [0.15, 0.2) is 0 Å². The largest absolute Gasteiger partial charge is 0.399 e. The molecule has 0 bridgehead atoms. The maximum absolute atomic E-state index is 11.1. The van der Waals surface area contributed by atoms with E-state index in [9.17, 15) is 4.79 Å².